The number of carbonyl (C=O) groups is 2. The fourth-order valence-electron chi connectivity index (χ4n) is 1.83. The van der Waals surface area contributed by atoms with Crippen molar-refractivity contribution in [2.24, 2.45) is 5.92 Å². The quantitative estimate of drug-likeness (QED) is 0.678. The van der Waals surface area contributed by atoms with Gasteiger partial charge in [-0.1, -0.05) is 0 Å². The molecule has 0 saturated carbocycles. The summed E-state index contributed by atoms with van der Waals surface area (Å²) in [6.45, 7) is 1.02. The first-order valence-electron chi connectivity index (χ1n) is 4.62. The zero-order valence-electron chi connectivity index (χ0n) is 8.18. The minimum atomic E-state index is -1.02. The van der Waals surface area contributed by atoms with Crippen molar-refractivity contribution >= 4 is 12.4 Å². The average molecular weight is 201 g/mol. The number of carbonyl (C=O) groups excluding carboxylic acids is 1. The third kappa shape index (κ3) is 2.45. The van der Waals surface area contributed by atoms with Gasteiger partial charge in [-0.3, -0.25) is 4.90 Å². The second kappa shape index (κ2) is 4.95. The minimum absolute atomic E-state index is 0.297. The maximum absolute atomic E-state index is 10.7. The first-order valence-corrected chi connectivity index (χ1v) is 4.62. The van der Waals surface area contributed by atoms with Gasteiger partial charge in [0, 0.05) is 20.3 Å². The van der Waals surface area contributed by atoms with E-state index in [0.717, 1.165) is 6.42 Å². The molecule has 0 aromatic rings. The topological polar surface area (TPSA) is 66.8 Å². The van der Waals surface area contributed by atoms with Crippen molar-refractivity contribution < 1.29 is 19.4 Å². The summed E-state index contributed by atoms with van der Waals surface area (Å²) in [4.78, 5) is 22.6. The van der Waals surface area contributed by atoms with Crippen molar-refractivity contribution in [2.45, 2.75) is 18.9 Å². The second-order valence-corrected chi connectivity index (χ2v) is 3.53. The Hall–Kier alpha value is -1.10. The lowest BCUT2D eigenvalue weighted by atomic mass is 9.92. The molecule has 0 bridgehead atoms. The Balaban J connectivity index is 2.54. The number of amides is 1. The van der Waals surface area contributed by atoms with Crippen molar-refractivity contribution in [3.05, 3.63) is 0 Å². The van der Waals surface area contributed by atoms with Gasteiger partial charge in [-0.2, -0.15) is 0 Å². The molecule has 1 N–H and O–H groups in total. The van der Waals surface area contributed by atoms with Crippen LogP contribution >= 0.6 is 0 Å². The first kappa shape index (κ1) is 11.0. The molecule has 2 unspecified atom stereocenters. The predicted molar refractivity (Wildman–Crippen MR) is 49.2 cm³/mol. The molecule has 0 aromatic heterocycles. The molecule has 1 aliphatic rings. The van der Waals surface area contributed by atoms with Gasteiger partial charge in [0.2, 0.25) is 0 Å². The number of rotatable bonds is 3. The molecular weight excluding hydrogens is 186 g/mol. The highest BCUT2D eigenvalue weighted by molar-refractivity contribution is 5.72. The van der Waals surface area contributed by atoms with Crippen molar-refractivity contribution in [3.8, 4) is 0 Å². The highest BCUT2D eigenvalue weighted by Gasteiger charge is 2.30. The van der Waals surface area contributed by atoms with Crippen LogP contribution in [0.1, 0.15) is 12.8 Å². The lowest BCUT2D eigenvalue weighted by Gasteiger charge is -2.34. The molecule has 0 radical (unpaired) electrons. The third-order valence-corrected chi connectivity index (χ3v) is 2.56. The number of aldehydes is 1. The number of nitrogens with zero attached hydrogens (tertiary/aromatic N) is 1. The molecule has 0 aliphatic carbocycles. The second-order valence-electron chi connectivity index (χ2n) is 3.53. The van der Waals surface area contributed by atoms with Crippen LogP contribution in [0.25, 0.3) is 0 Å². The van der Waals surface area contributed by atoms with Crippen LogP contribution in [-0.4, -0.2) is 48.7 Å². The number of methoxy groups -OCH3 is 1. The average Bonchev–Trinajstić information content (AvgIpc) is 2.17. The summed E-state index contributed by atoms with van der Waals surface area (Å²) < 4.78 is 4.99. The predicted octanol–water partition coefficient (Wildman–Crippen LogP) is 0.590. The highest BCUT2D eigenvalue weighted by atomic mass is 16.5. The molecule has 1 heterocycles. The van der Waals surface area contributed by atoms with E-state index in [1.54, 1.807) is 7.11 Å². The zero-order valence-corrected chi connectivity index (χ0v) is 8.18. The van der Waals surface area contributed by atoms with Crippen LogP contribution in [0.15, 0.2) is 0 Å². The molecule has 2 atom stereocenters. The molecule has 14 heavy (non-hydrogen) atoms. The van der Waals surface area contributed by atoms with Crippen LogP contribution in [-0.2, 0) is 9.53 Å². The van der Waals surface area contributed by atoms with Crippen molar-refractivity contribution in [2.75, 3.05) is 20.3 Å². The molecule has 5 nitrogen and oxygen atoms in total. The number of hydrogen-bond donors (Lipinski definition) is 1. The van der Waals surface area contributed by atoms with E-state index in [-0.39, 0.29) is 0 Å². The van der Waals surface area contributed by atoms with Gasteiger partial charge < -0.3 is 14.6 Å². The zero-order chi connectivity index (χ0) is 10.6. The maximum atomic E-state index is 10.7. The molecule has 1 saturated heterocycles. The Bertz CT molecular complexity index is 219. The van der Waals surface area contributed by atoms with Gasteiger partial charge in [-0.25, -0.2) is 4.79 Å². The molecule has 0 spiro atoms. The highest BCUT2D eigenvalue weighted by Crippen LogP contribution is 2.22. The molecule has 1 rings (SSSR count). The number of likely N-dealkylation sites (tertiary alicyclic amines) is 1. The maximum Gasteiger partial charge on any atom is 0.407 e. The standard InChI is InChI=1S/C9H15NO4/c1-14-6-7-2-3-10(9(12)13)8(4-7)5-11/h5,7-8H,2-4,6H2,1H3,(H,12,13). The Morgan fingerprint density at radius 1 is 1.71 bits per heavy atom. The molecule has 80 valence electrons. The smallest absolute Gasteiger partial charge is 0.407 e. The van der Waals surface area contributed by atoms with Crippen LogP contribution in [0, 0.1) is 5.92 Å². The molecule has 1 amide bonds. The number of piperidine rings is 1. The summed E-state index contributed by atoms with van der Waals surface area (Å²) in [7, 11) is 1.61. The van der Waals surface area contributed by atoms with E-state index in [2.05, 4.69) is 0 Å². The lowest BCUT2D eigenvalue weighted by molar-refractivity contribution is -0.113. The summed E-state index contributed by atoms with van der Waals surface area (Å²) in [5.41, 5.74) is 0. The van der Waals surface area contributed by atoms with Gasteiger partial charge in [-0.05, 0) is 18.8 Å². The number of hydrogen-bond acceptors (Lipinski definition) is 3. The molecule has 1 fully saturated rings. The van der Waals surface area contributed by atoms with Gasteiger partial charge >= 0.3 is 6.09 Å². The van der Waals surface area contributed by atoms with Crippen molar-refractivity contribution in [1.82, 2.24) is 4.90 Å². The summed E-state index contributed by atoms with van der Waals surface area (Å²) in [5, 5.41) is 8.79. The van der Waals surface area contributed by atoms with Gasteiger partial charge in [0.15, 0.2) is 0 Å². The Kier molecular flexibility index (Phi) is 3.88. The van der Waals surface area contributed by atoms with Crippen LogP contribution in [0.2, 0.25) is 0 Å². The summed E-state index contributed by atoms with van der Waals surface area (Å²) in [5.74, 6) is 0.297. The molecule has 1 aliphatic heterocycles. The number of carboxylic acid groups (broad SMARTS) is 1. The fourth-order valence-corrected chi connectivity index (χ4v) is 1.83. The fraction of sp³-hybridized carbons (Fsp3) is 0.778. The largest absolute Gasteiger partial charge is 0.465 e. The normalized spacial score (nSPS) is 27.4. The summed E-state index contributed by atoms with van der Waals surface area (Å²) in [6.07, 6.45) is 1.03. The van der Waals surface area contributed by atoms with Gasteiger partial charge in [-0.15, -0.1) is 0 Å². The monoisotopic (exact) mass is 201 g/mol. The minimum Gasteiger partial charge on any atom is -0.465 e. The van der Waals surface area contributed by atoms with Crippen molar-refractivity contribution in [1.29, 1.82) is 0 Å². The van der Waals surface area contributed by atoms with Crippen LogP contribution in [0.3, 0.4) is 0 Å². The molecular formula is C9H15NO4. The summed E-state index contributed by atoms with van der Waals surface area (Å²) >= 11 is 0. The Morgan fingerprint density at radius 3 is 2.93 bits per heavy atom. The number of ether oxygens (including phenoxy) is 1. The van der Waals surface area contributed by atoms with Crippen LogP contribution in [0.5, 0.6) is 0 Å². The SMILES string of the molecule is COCC1CCN(C(=O)O)C(C=O)C1. The summed E-state index contributed by atoms with van der Waals surface area (Å²) in [6, 6.07) is -0.499. The van der Waals surface area contributed by atoms with Gasteiger partial charge in [0.1, 0.15) is 6.29 Å². The van der Waals surface area contributed by atoms with Crippen molar-refractivity contribution in [3.63, 3.8) is 0 Å². The van der Waals surface area contributed by atoms with Crippen LogP contribution < -0.4 is 0 Å². The molecule has 0 aromatic carbocycles. The first-order chi connectivity index (χ1) is 6.69. The third-order valence-electron chi connectivity index (χ3n) is 2.56. The molecule has 5 heteroatoms. The van der Waals surface area contributed by atoms with E-state index in [0.29, 0.717) is 31.8 Å². The van der Waals surface area contributed by atoms with Crippen LogP contribution in [0.4, 0.5) is 4.79 Å². The van der Waals surface area contributed by atoms with E-state index >= 15 is 0 Å². The lowest BCUT2D eigenvalue weighted by Crippen LogP contribution is -2.47. The Morgan fingerprint density at radius 2 is 2.43 bits per heavy atom. The van der Waals surface area contributed by atoms with Gasteiger partial charge in [0.25, 0.3) is 0 Å². The van der Waals surface area contributed by atoms with E-state index in [9.17, 15) is 9.59 Å². The van der Waals surface area contributed by atoms with Gasteiger partial charge in [0.05, 0.1) is 6.04 Å². The van der Waals surface area contributed by atoms with E-state index in [4.69, 9.17) is 9.84 Å². The van der Waals surface area contributed by atoms with E-state index in [1.807, 2.05) is 0 Å². The van der Waals surface area contributed by atoms with E-state index in [1.165, 1.54) is 4.90 Å². The Labute approximate surface area is 82.6 Å². The van der Waals surface area contributed by atoms with E-state index < -0.39 is 12.1 Å².